The molecule has 0 heterocycles. The van der Waals surface area contributed by atoms with Crippen LogP contribution < -0.4 is 10.1 Å². The van der Waals surface area contributed by atoms with E-state index in [0.29, 0.717) is 18.1 Å². The van der Waals surface area contributed by atoms with Gasteiger partial charge in [0.05, 0.1) is 6.04 Å². The number of carbonyl (C=O) groups is 2. The summed E-state index contributed by atoms with van der Waals surface area (Å²) in [5.74, 6) is 0.0519. The molecular weight excluding hydrogens is 438 g/mol. The number of carboxylic acids is 1. The smallest absolute Gasteiger partial charge is 0.303 e. The molecule has 0 radical (unpaired) electrons. The number of aryl methyl sites for hydroxylation is 3. The average Bonchev–Trinajstić information content (AvgIpc) is 2.81. The second kappa shape index (κ2) is 12.2. The Balaban J connectivity index is 1.88. The topological polar surface area (TPSA) is 75.6 Å². The third kappa shape index (κ3) is 7.99. The molecule has 0 fully saturated rings. The standard InChI is InChI=1S/C30H35NO4/c1-20(2)14-28(25-16-21(3)15-22(4)17-25)31-30(34)27-18-23(10-11-24(27)12-13-29(32)33)19-35-26-8-6-5-7-9-26/h5-11,15-18,20,28H,12-14,19H2,1-4H3,(H,31,34)(H,32,33)/t28-/m1/s1. The predicted molar refractivity (Wildman–Crippen MR) is 139 cm³/mol. The van der Waals surface area contributed by atoms with E-state index in [4.69, 9.17) is 4.74 Å². The first-order valence-corrected chi connectivity index (χ1v) is 12.1. The molecule has 3 rings (SSSR count). The van der Waals surface area contributed by atoms with Gasteiger partial charge in [0.25, 0.3) is 5.91 Å². The number of aliphatic carboxylic acids is 1. The summed E-state index contributed by atoms with van der Waals surface area (Å²) in [6, 6.07) is 21.3. The van der Waals surface area contributed by atoms with Gasteiger partial charge in [-0.2, -0.15) is 0 Å². The molecule has 0 aliphatic rings. The molecule has 0 aliphatic heterocycles. The van der Waals surface area contributed by atoms with Crippen LogP contribution in [0.25, 0.3) is 0 Å². The Morgan fingerprint density at radius 1 is 0.943 bits per heavy atom. The van der Waals surface area contributed by atoms with Gasteiger partial charge in [-0.05, 0) is 67.5 Å². The predicted octanol–water partition coefficient (Wildman–Crippen LogP) is 6.42. The second-order valence-corrected chi connectivity index (χ2v) is 9.56. The van der Waals surface area contributed by atoms with Crippen LogP contribution in [0, 0.1) is 19.8 Å². The van der Waals surface area contributed by atoms with Crippen molar-refractivity contribution in [2.75, 3.05) is 0 Å². The summed E-state index contributed by atoms with van der Waals surface area (Å²) < 4.78 is 5.87. The van der Waals surface area contributed by atoms with Crippen molar-refractivity contribution in [3.8, 4) is 5.75 Å². The molecule has 5 nitrogen and oxygen atoms in total. The van der Waals surface area contributed by atoms with Crippen LogP contribution in [0.15, 0.2) is 66.7 Å². The van der Waals surface area contributed by atoms with E-state index in [1.54, 1.807) is 0 Å². The van der Waals surface area contributed by atoms with Gasteiger partial charge in [-0.15, -0.1) is 0 Å². The number of hydrogen-bond acceptors (Lipinski definition) is 3. The van der Waals surface area contributed by atoms with Crippen molar-refractivity contribution in [3.05, 3.63) is 100 Å². The number of nitrogens with one attached hydrogen (secondary N) is 1. The number of benzene rings is 3. The lowest BCUT2D eigenvalue weighted by molar-refractivity contribution is -0.136. The number of ether oxygens (including phenoxy) is 1. The van der Waals surface area contributed by atoms with Crippen LogP contribution in [0.4, 0.5) is 0 Å². The fourth-order valence-corrected chi connectivity index (χ4v) is 4.26. The van der Waals surface area contributed by atoms with Crippen molar-refractivity contribution in [2.45, 2.75) is 59.6 Å². The number of carbonyl (C=O) groups excluding carboxylic acids is 1. The van der Waals surface area contributed by atoms with E-state index in [2.05, 4.69) is 51.2 Å². The Labute approximate surface area is 208 Å². The number of carboxylic acid groups (broad SMARTS) is 1. The van der Waals surface area contributed by atoms with Gasteiger partial charge in [-0.3, -0.25) is 9.59 Å². The van der Waals surface area contributed by atoms with Gasteiger partial charge in [-0.1, -0.05) is 73.5 Å². The normalized spacial score (nSPS) is 11.8. The molecular formula is C30H35NO4. The quantitative estimate of drug-likeness (QED) is 0.337. The van der Waals surface area contributed by atoms with E-state index in [1.807, 2.05) is 48.5 Å². The minimum atomic E-state index is -0.888. The second-order valence-electron chi connectivity index (χ2n) is 9.56. The summed E-state index contributed by atoms with van der Waals surface area (Å²) in [5, 5.41) is 12.4. The highest BCUT2D eigenvalue weighted by atomic mass is 16.5. The van der Waals surface area contributed by atoms with E-state index in [-0.39, 0.29) is 24.8 Å². The molecule has 1 amide bonds. The molecule has 0 aliphatic carbocycles. The van der Waals surface area contributed by atoms with Gasteiger partial charge in [0, 0.05) is 12.0 Å². The number of hydrogen-bond donors (Lipinski definition) is 2. The van der Waals surface area contributed by atoms with Crippen LogP contribution in [0.3, 0.4) is 0 Å². The van der Waals surface area contributed by atoms with Gasteiger partial charge in [0.1, 0.15) is 12.4 Å². The highest BCUT2D eigenvalue weighted by molar-refractivity contribution is 5.96. The summed E-state index contributed by atoms with van der Waals surface area (Å²) >= 11 is 0. The first-order chi connectivity index (χ1) is 16.7. The minimum Gasteiger partial charge on any atom is -0.489 e. The molecule has 0 aromatic heterocycles. The Morgan fingerprint density at radius 2 is 1.63 bits per heavy atom. The molecule has 0 saturated carbocycles. The molecule has 0 saturated heterocycles. The van der Waals surface area contributed by atoms with Gasteiger partial charge in [0.2, 0.25) is 0 Å². The Kier molecular flexibility index (Phi) is 9.07. The molecule has 3 aromatic carbocycles. The number of para-hydroxylation sites is 1. The van der Waals surface area contributed by atoms with Crippen LogP contribution in [0.1, 0.15) is 70.9 Å². The molecule has 35 heavy (non-hydrogen) atoms. The molecule has 0 spiro atoms. The van der Waals surface area contributed by atoms with Gasteiger partial charge in [0.15, 0.2) is 0 Å². The lowest BCUT2D eigenvalue weighted by Crippen LogP contribution is -2.30. The lowest BCUT2D eigenvalue weighted by Gasteiger charge is -2.23. The van der Waals surface area contributed by atoms with E-state index in [1.165, 1.54) is 0 Å². The summed E-state index contributed by atoms with van der Waals surface area (Å²) in [5.41, 5.74) is 5.47. The van der Waals surface area contributed by atoms with Crippen molar-refractivity contribution in [2.24, 2.45) is 5.92 Å². The molecule has 2 N–H and O–H groups in total. The Morgan fingerprint density at radius 3 is 2.26 bits per heavy atom. The fraction of sp³-hybridized carbons (Fsp3) is 0.333. The molecule has 0 unspecified atom stereocenters. The molecule has 5 heteroatoms. The van der Waals surface area contributed by atoms with Gasteiger partial charge in [-0.25, -0.2) is 0 Å². The zero-order chi connectivity index (χ0) is 25.4. The van der Waals surface area contributed by atoms with Crippen LogP contribution in [0.5, 0.6) is 5.75 Å². The maximum Gasteiger partial charge on any atom is 0.303 e. The van der Waals surface area contributed by atoms with Crippen molar-refractivity contribution in [1.29, 1.82) is 0 Å². The van der Waals surface area contributed by atoms with Crippen LogP contribution >= 0.6 is 0 Å². The van der Waals surface area contributed by atoms with Crippen molar-refractivity contribution in [1.82, 2.24) is 5.32 Å². The zero-order valence-electron chi connectivity index (χ0n) is 21.0. The summed E-state index contributed by atoms with van der Waals surface area (Å²) in [6.45, 7) is 8.72. The maximum absolute atomic E-state index is 13.6. The third-order valence-corrected chi connectivity index (χ3v) is 5.83. The van der Waals surface area contributed by atoms with E-state index >= 15 is 0 Å². The lowest BCUT2D eigenvalue weighted by atomic mass is 9.93. The molecule has 1 atom stereocenters. The summed E-state index contributed by atoms with van der Waals surface area (Å²) in [6.07, 6.45) is 1.05. The average molecular weight is 474 g/mol. The van der Waals surface area contributed by atoms with E-state index in [0.717, 1.165) is 40.0 Å². The van der Waals surface area contributed by atoms with Gasteiger partial charge >= 0.3 is 5.97 Å². The zero-order valence-corrected chi connectivity index (χ0v) is 21.0. The van der Waals surface area contributed by atoms with E-state index in [9.17, 15) is 14.7 Å². The van der Waals surface area contributed by atoms with Crippen LogP contribution in [-0.4, -0.2) is 17.0 Å². The highest BCUT2D eigenvalue weighted by Crippen LogP contribution is 2.25. The van der Waals surface area contributed by atoms with Crippen molar-refractivity contribution >= 4 is 11.9 Å². The maximum atomic E-state index is 13.6. The van der Waals surface area contributed by atoms with Crippen molar-refractivity contribution < 1.29 is 19.4 Å². The summed E-state index contributed by atoms with van der Waals surface area (Å²) in [4.78, 5) is 24.8. The monoisotopic (exact) mass is 473 g/mol. The Hall–Kier alpha value is -3.60. The van der Waals surface area contributed by atoms with Crippen molar-refractivity contribution in [3.63, 3.8) is 0 Å². The van der Waals surface area contributed by atoms with E-state index < -0.39 is 5.97 Å². The Bertz CT molecular complexity index is 1130. The van der Waals surface area contributed by atoms with Gasteiger partial charge < -0.3 is 15.2 Å². The highest BCUT2D eigenvalue weighted by Gasteiger charge is 2.20. The largest absolute Gasteiger partial charge is 0.489 e. The van der Waals surface area contributed by atoms with Crippen LogP contribution in [-0.2, 0) is 17.8 Å². The van der Waals surface area contributed by atoms with Crippen LogP contribution in [0.2, 0.25) is 0 Å². The first kappa shape index (κ1) is 26.0. The SMILES string of the molecule is Cc1cc(C)cc([C@@H](CC(C)C)NC(=O)c2cc(COc3ccccc3)ccc2CCC(=O)O)c1. The molecule has 184 valence electrons. The molecule has 3 aromatic rings. The first-order valence-electron chi connectivity index (χ1n) is 12.1. The minimum absolute atomic E-state index is 0.0351. The third-order valence-electron chi connectivity index (χ3n) is 5.83. The summed E-state index contributed by atoms with van der Waals surface area (Å²) in [7, 11) is 0. The number of amides is 1. The number of rotatable bonds is 11. The fourth-order valence-electron chi connectivity index (χ4n) is 4.26. The molecule has 0 bridgehead atoms.